The molecule has 1 N–H and O–H groups in total. The molecule has 5 heteroatoms. The Morgan fingerprint density at radius 3 is 2.84 bits per heavy atom. The molecule has 1 aromatic heterocycles. The lowest BCUT2D eigenvalue weighted by Gasteiger charge is -2.37. The first kappa shape index (κ1) is 17.5. The first-order chi connectivity index (χ1) is 12.2. The zero-order valence-corrected chi connectivity index (χ0v) is 15.0. The van der Waals surface area contributed by atoms with Gasteiger partial charge in [0.1, 0.15) is 0 Å². The number of nitrogens with one attached hydrogen (secondary N) is 1. The van der Waals surface area contributed by atoms with E-state index in [4.69, 9.17) is 0 Å². The second-order valence-corrected chi connectivity index (χ2v) is 6.97. The van der Waals surface area contributed by atoms with Gasteiger partial charge in [-0.05, 0) is 36.7 Å². The van der Waals surface area contributed by atoms with Crippen molar-refractivity contribution in [2.75, 3.05) is 19.6 Å². The molecule has 5 nitrogen and oxygen atoms in total. The van der Waals surface area contributed by atoms with Crippen LogP contribution in [-0.2, 0) is 6.54 Å². The van der Waals surface area contributed by atoms with Gasteiger partial charge in [-0.3, -0.25) is 0 Å². The molecule has 2 atom stereocenters. The van der Waals surface area contributed by atoms with Gasteiger partial charge in [0.05, 0.1) is 6.33 Å². The van der Waals surface area contributed by atoms with Crippen molar-refractivity contribution in [2.24, 2.45) is 5.92 Å². The van der Waals surface area contributed by atoms with E-state index in [0.29, 0.717) is 11.8 Å². The standard InChI is InChI=1S/C20H28N4O/c1-17-15-24(13-9-19(17)18-7-3-2-4-8-18)20(25)22-10-5-6-12-23-14-11-21-16-23/h2-4,7-8,11,14,16-17,19H,5-6,9-10,12-13,15H2,1H3,(H,22,25)/t17-,19+/m0/s1. The van der Waals surface area contributed by atoms with E-state index in [1.807, 2.05) is 17.4 Å². The summed E-state index contributed by atoms with van der Waals surface area (Å²) in [5.41, 5.74) is 1.40. The van der Waals surface area contributed by atoms with Gasteiger partial charge >= 0.3 is 6.03 Å². The molecular formula is C20H28N4O. The lowest BCUT2D eigenvalue weighted by molar-refractivity contribution is 0.159. The lowest BCUT2D eigenvalue weighted by atomic mass is 9.82. The number of carbonyl (C=O) groups excluding carboxylic acids is 1. The molecule has 3 rings (SSSR count). The van der Waals surface area contributed by atoms with Crippen LogP contribution in [0.4, 0.5) is 4.79 Å². The predicted octanol–water partition coefficient (Wildman–Crippen LogP) is 3.50. The molecule has 1 aliphatic rings. The molecule has 1 fully saturated rings. The van der Waals surface area contributed by atoms with Crippen LogP contribution in [0.3, 0.4) is 0 Å². The molecule has 1 aromatic carbocycles. The fraction of sp³-hybridized carbons (Fsp3) is 0.500. The molecule has 0 spiro atoms. The monoisotopic (exact) mass is 340 g/mol. The Labute approximate surface area is 150 Å². The molecule has 1 saturated heterocycles. The number of urea groups is 1. The summed E-state index contributed by atoms with van der Waals surface area (Å²) in [5, 5.41) is 3.07. The molecule has 2 aromatic rings. The average molecular weight is 340 g/mol. The molecule has 0 saturated carbocycles. The van der Waals surface area contributed by atoms with E-state index in [1.165, 1.54) is 5.56 Å². The number of aryl methyl sites for hydroxylation is 1. The number of nitrogens with zero attached hydrogens (tertiary/aromatic N) is 3. The Morgan fingerprint density at radius 2 is 2.12 bits per heavy atom. The van der Waals surface area contributed by atoms with E-state index >= 15 is 0 Å². The summed E-state index contributed by atoms with van der Waals surface area (Å²) in [5.74, 6) is 1.04. The van der Waals surface area contributed by atoms with Gasteiger partial charge in [0, 0.05) is 38.6 Å². The van der Waals surface area contributed by atoms with Crippen LogP contribution in [0.5, 0.6) is 0 Å². The van der Waals surface area contributed by atoms with Gasteiger partial charge in [0.15, 0.2) is 0 Å². The topological polar surface area (TPSA) is 50.2 Å². The Kier molecular flexibility index (Phi) is 6.09. The molecule has 0 radical (unpaired) electrons. The van der Waals surface area contributed by atoms with Crippen molar-refractivity contribution in [3.05, 3.63) is 54.6 Å². The van der Waals surface area contributed by atoms with Crippen LogP contribution in [0.25, 0.3) is 0 Å². The molecule has 1 aliphatic heterocycles. The summed E-state index contributed by atoms with van der Waals surface area (Å²) in [7, 11) is 0. The first-order valence-corrected chi connectivity index (χ1v) is 9.27. The van der Waals surface area contributed by atoms with Crippen molar-refractivity contribution in [2.45, 2.75) is 38.6 Å². The van der Waals surface area contributed by atoms with Gasteiger partial charge < -0.3 is 14.8 Å². The molecule has 0 aliphatic carbocycles. The summed E-state index contributed by atoms with van der Waals surface area (Å²) in [4.78, 5) is 18.4. The van der Waals surface area contributed by atoms with Gasteiger partial charge in [-0.15, -0.1) is 0 Å². The number of aromatic nitrogens is 2. The Bertz CT molecular complexity index is 641. The third kappa shape index (κ3) is 4.84. The minimum absolute atomic E-state index is 0.0843. The third-order valence-electron chi connectivity index (χ3n) is 5.10. The largest absolute Gasteiger partial charge is 0.338 e. The molecule has 0 unspecified atom stereocenters. The van der Waals surface area contributed by atoms with Crippen molar-refractivity contribution in [1.82, 2.24) is 19.8 Å². The number of imidazole rings is 1. The van der Waals surface area contributed by atoms with Crippen LogP contribution in [0.15, 0.2) is 49.1 Å². The molecular weight excluding hydrogens is 312 g/mol. The highest BCUT2D eigenvalue weighted by Gasteiger charge is 2.29. The molecule has 134 valence electrons. The Balaban J connectivity index is 1.37. The molecule has 0 bridgehead atoms. The number of benzene rings is 1. The minimum Gasteiger partial charge on any atom is -0.338 e. The van der Waals surface area contributed by atoms with Gasteiger partial charge in [0.2, 0.25) is 0 Å². The quantitative estimate of drug-likeness (QED) is 0.818. The number of piperidine rings is 1. The maximum Gasteiger partial charge on any atom is 0.317 e. The van der Waals surface area contributed by atoms with Crippen molar-refractivity contribution in [1.29, 1.82) is 0 Å². The number of likely N-dealkylation sites (tertiary alicyclic amines) is 1. The van der Waals surface area contributed by atoms with E-state index in [9.17, 15) is 4.79 Å². The third-order valence-corrected chi connectivity index (χ3v) is 5.10. The van der Waals surface area contributed by atoms with Crippen LogP contribution >= 0.6 is 0 Å². The minimum atomic E-state index is 0.0843. The van der Waals surface area contributed by atoms with Crippen molar-refractivity contribution >= 4 is 6.03 Å². The van der Waals surface area contributed by atoms with Crippen LogP contribution in [-0.4, -0.2) is 40.1 Å². The first-order valence-electron chi connectivity index (χ1n) is 9.27. The van der Waals surface area contributed by atoms with E-state index in [0.717, 1.165) is 45.4 Å². The number of rotatable bonds is 6. The van der Waals surface area contributed by atoms with E-state index in [2.05, 4.69) is 52.1 Å². The number of hydrogen-bond acceptors (Lipinski definition) is 2. The number of unbranched alkanes of at least 4 members (excludes halogenated alkanes) is 1. The summed E-state index contributed by atoms with van der Waals surface area (Å²) in [6, 6.07) is 10.8. The van der Waals surface area contributed by atoms with E-state index < -0.39 is 0 Å². The summed E-state index contributed by atoms with van der Waals surface area (Å²) in [6.45, 7) is 5.61. The van der Waals surface area contributed by atoms with Gasteiger partial charge in [-0.25, -0.2) is 9.78 Å². The highest BCUT2D eigenvalue weighted by Crippen LogP contribution is 2.32. The number of hydrogen-bond donors (Lipinski definition) is 1. The predicted molar refractivity (Wildman–Crippen MR) is 99.4 cm³/mol. The zero-order chi connectivity index (χ0) is 17.5. The SMILES string of the molecule is C[C@H]1CN(C(=O)NCCCCn2ccnc2)CC[C@H]1c1ccccc1. The second-order valence-electron chi connectivity index (χ2n) is 6.97. The molecule has 2 heterocycles. The summed E-state index contributed by atoms with van der Waals surface area (Å²) >= 11 is 0. The maximum absolute atomic E-state index is 12.4. The maximum atomic E-state index is 12.4. The van der Waals surface area contributed by atoms with Crippen molar-refractivity contribution < 1.29 is 4.79 Å². The van der Waals surface area contributed by atoms with Crippen molar-refractivity contribution in [3.8, 4) is 0 Å². The number of carbonyl (C=O) groups is 1. The van der Waals surface area contributed by atoms with Crippen LogP contribution in [0, 0.1) is 5.92 Å². The normalized spacial score (nSPS) is 20.4. The highest BCUT2D eigenvalue weighted by molar-refractivity contribution is 5.74. The van der Waals surface area contributed by atoms with E-state index in [-0.39, 0.29) is 6.03 Å². The van der Waals surface area contributed by atoms with E-state index in [1.54, 1.807) is 6.20 Å². The Morgan fingerprint density at radius 1 is 1.28 bits per heavy atom. The van der Waals surface area contributed by atoms with Gasteiger partial charge in [0.25, 0.3) is 0 Å². The zero-order valence-electron chi connectivity index (χ0n) is 15.0. The van der Waals surface area contributed by atoms with Crippen LogP contribution in [0.1, 0.15) is 37.7 Å². The van der Waals surface area contributed by atoms with Crippen LogP contribution in [0.2, 0.25) is 0 Å². The van der Waals surface area contributed by atoms with Crippen molar-refractivity contribution in [3.63, 3.8) is 0 Å². The summed E-state index contributed by atoms with van der Waals surface area (Å²) in [6.07, 6.45) is 8.66. The van der Waals surface area contributed by atoms with Gasteiger partial charge in [-0.1, -0.05) is 37.3 Å². The molecule has 2 amide bonds. The number of amides is 2. The Hall–Kier alpha value is -2.30. The molecule has 25 heavy (non-hydrogen) atoms. The fourth-order valence-electron chi connectivity index (χ4n) is 3.67. The summed E-state index contributed by atoms with van der Waals surface area (Å²) < 4.78 is 2.07. The highest BCUT2D eigenvalue weighted by atomic mass is 16.2. The van der Waals surface area contributed by atoms with Crippen LogP contribution < -0.4 is 5.32 Å². The second kappa shape index (κ2) is 8.70. The average Bonchev–Trinajstić information content (AvgIpc) is 3.15. The fourth-order valence-corrected chi connectivity index (χ4v) is 3.67. The van der Waals surface area contributed by atoms with Gasteiger partial charge in [-0.2, -0.15) is 0 Å². The lowest BCUT2D eigenvalue weighted by Crippen LogP contribution is -2.47. The smallest absolute Gasteiger partial charge is 0.317 e.